The molecule has 2 aromatic rings. The van der Waals surface area contributed by atoms with Gasteiger partial charge in [0.05, 0.1) is 6.61 Å². The summed E-state index contributed by atoms with van der Waals surface area (Å²) in [5, 5.41) is 5.57. The van der Waals surface area contributed by atoms with Crippen molar-refractivity contribution in [1.82, 2.24) is 5.32 Å². The van der Waals surface area contributed by atoms with Crippen LogP contribution in [0, 0.1) is 0 Å². The molecule has 20 heavy (non-hydrogen) atoms. The van der Waals surface area contributed by atoms with Gasteiger partial charge in [-0.1, -0.05) is 43.3 Å². The first-order valence-corrected chi connectivity index (χ1v) is 7.15. The highest BCUT2D eigenvalue weighted by molar-refractivity contribution is 5.85. The lowest BCUT2D eigenvalue weighted by atomic mass is 10.0. The van der Waals surface area contributed by atoms with Gasteiger partial charge in [0.25, 0.3) is 0 Å². The lowest BCUT2D eigenvalue weighted by Crippen LogP contribution is -2.30. The maximum absolute atomic E-state index is 12.1. The molecule has 0 heterocycles. The van der Waals surface area contributed by atoms with Gasteiger partial charge in [0.2, 0.25) is 0 Å². The summed E-state index contributed by atoms with van der Waals surface area (Å²) in [5.74, 6) is -0.212. The Labute approximate surface area is 119 Å². The van der Waals surface area contributed by atoms with Crippen molar-refractivity contribution in [1.29, 1.82) is 0 Å². The Hall–Kier alpha value is -1.87. The predicted molar refractivity (Wildman–Crippen MR) is 81.6 cm³/mol. The minimum atomic E-state index is -0.389. The van der Waals surface area contributed by atoms with Gasteiger partial charge in [-0.05, 0) is 42.3 Å². The molecule has 0 saturated heterocycles. The van der Waals surface area contributed by atoms with Crippen LogP contribution in [-0.2, 0) is 9.53 Å². The Balaban J connectivity index is 2.31. The third kappa shape index (κ3) is 3.36. The van der Waals surface area contributed by atoms with Crippen molar-refractivity contribution in [2.45, 2.75) is 26.3 Å². The molecule has 0 spiro atoms. The molecule has 1 N–H and O–H groups in total. The van der Waals surface area contributed by atoms with Crippen molar-refractivity contribution in [3.63, 3.8) is 0 Å². The zero-order valence-electron chi connectivity index (χ0n) is 12.1. The smallest absolute Gasteiger partial charge is 0.327 e. The fourth-order valence-corrected chi connectivity index (χ4v) is 2.24. The maximum Gasteiger partial charge on any atom is 0.327 e. The van der Waals surface area contributed by atoms with Crippen LogP contribution in [0.15, 0.2) is 42.5 Å². The van der Waals surface area contributed by atoms with Crippen LogP contribution in [0.25, 0.3) is 10.8 Å². The van der Waals surface area contributed by atoms with Gasteiger partial charge in [-0.3, -0.25) is 0 Å². The molecule has 0 amide bonds. The average molecular weight is 271 g/mol. The number of carbonyl (C=O) groups excluding carboxylic acids is 1. The van der Waals surface area contributed by atoms with Crippen LogP contribution in [0.3, 0.4) is 0 Å². The third-order valence-electron chi connectivity index (χ3n) is 3.23. The lowest BCUT2D eigenvalue weighted by molar-refractivity contribution is -0.145. The zero-order chi connectivity index (χ0) is 14.4. The predicted octanol–water partition coefficient (Wildman–Crippen LogP) is 3.44. The van der Waals surface area contributed by atoms with E-state index in [1.165, 1.54) is 5.39 Å². The van der Waals surface area contributed by atoms with Crippen molar-refractivity contribution >= 4 is 16.7 Å². The van der Waals surface area contributed by atoms with Crippen molar-refractivity contribution in [2.24, 2.45) is 0 Å². The number of hydrogen-bond acceptors (Lipinski definition) is 3. The summed E-state index contributed by atoms with van der Waals surface area (Å²) in [6.07, 6.45) is 0.976. The first-order chi connectivity index (χ1) is 9.76. The molecule has 0 saturated carbocycles. The van der Waals surface area contributed by atoms with Crippen LogP contribution in [0.2, 0.25) is 0 Å². The molecule has 2 aromatic carbocycles. The molecule has 2 rings (SSSR count). The van der Waals surface area contributed by atoms with Gasteiger partial charge in [0.1, 0.15) is 6.04 Å². The minimum absolute atomic E-state index is 0.212. The molecule has 0 radical (unpaired) electrons. The number of nitrogens with one attached hydrogen (secondary N) is 1. The monoisotopic (exact) mass is 271 g/mol. The average Bonchev–Trinajstić information content (AvgIpc) is 2.48. The van der Waals surface area contributed by atoms with Gasteiger partial charge in [-0.2, -0.15) is 0 Å². The van der Waals surface area contributed by atoms with Gasteiger partial charge in [0, 0.05) is 0 Å². The second kappa shape index (κ2) is 7.06. The number of fused-ring (bicyclic) bond motifs is 1. The van der Waals surface area contributed by atoms with E-state index in [-0.39, 0.29) is 12.0 Å². The van der Waals surface area contributed by atoms with Gasteiger partial charge >= 0.3 is 5.97 Å². The molecule has 0 aliphatic carbocycles. The number of carbonyl (C=O) groups is 1. The topological polar surface area (TPSA) is 38.3 Å². The summed E-state index contributed by atoms with van der Waals surface area (Å²) < 4.78 is 5.17. The van der Waals surface area contributed by atoms with Crippen LogP contribution < -0.4 is 5.32 Å². The minimum Gasteiger partial charge on any atom is -0.465 e. The SMILES string of the molecule is CCCNC(C(=O)OCC)c1ccc2ccccc2c1. The number of esters is 1. The van der Waals surface area contributed by atoms with Crippen LogP contribution in [0.5, 0.6) is 0 Å². The van der Waals surface area contributed by atoms with E-state index in [2.05, 4.69) is 30.4 Å². The summed E-state index contributed by atoms with van der Waals surface area (Å²) in [5.41, 5.74) is 0.954. The van der Waals surface area contributed by atoms with E-state index in [4.69, 9.17) is 4.74 Å². The quantitative estimate of drug-likeness (QED) is 0.818. The van der Waals surface area contributed by atoms with Crippen molar-refractivity contribution in [3.8, 4) is 0 Å². The highest BCUT2D eigenvalue weighted by atomic mass is 16.5. The van der Waals surface area contributed by atoms with Crippen LogP contribution in [-0.4, -0.2) is 19.1 Å². The summed E-state index contributed by atoms with van der Waals surface area (Å²) in [7, 11) is 0. The summed E-state index contributed by atoms with van der Waals surface area (Å²) in [6, 6.07) is 13.8. The van der Waals surface area contributed by atoms with E-state index >= 15 is 0 Å². The standard InChI is InChI=1S/C17H21NO2/c1-3-11-18-16(17(19)20-4-2)15-10-9-13-7-5-6-8-14(13)12-15/h5-10,12,16,18H,3-4,11H2,1-2H3. The number of rotatable bonds is 6. The highest BCUT2D eigenvalue weighted by Crippen LogP contribution is 2.21. The Bertz CT molecular complexity index is 580. The van der Waals surface area contributed by atoms with Gasteiger partial charge in [-0.25, -0.2) is 4.79 Å². The second-order valence-electron chi connectivity index (χ2n) is 4.75. The molecule has 3 heteroatoms. The summed E-state index contributed by atoms with van der Waals surface area (Å²) in [4.78, 5) is 12.1. The number of hydrogen-bond donors (Lipinski definition) is 1. The molecule has 0 aromatic heterocycles. The molecular weight excluding hydrogens is 250 g/mol. The molecule has 1 unspecified atom stereocenters. The largest absolute Gasteiger partial charge is 0.465 e. The number of benzene rings is 2. The molecule has 0 bridgehead atoms. The summed E-state index contributed by atoms with van der Waals surface area (Å²) >= 11 is 0. The Morgan fingerprint density at radius 3 is 2.60 bits per heavy atom. The number of ether oxygens (including phenoxy) is 1. The van der Waals surface area contributed by atoms with E-state index in [0.717, 1.165) is 23.9 Å². The fraction of sp³-hybridized carbons (Fsp3) is 0.353. The van der Waals surface area contributed by atoms with Crippen LogP contribution in [0.4, 0.5) is 0 Å². The molecule has 106 valence electrons. The van der Waals surface area contributed by atoms with E-state index in [1.807, 2.05) is 31.2 Å². The molecule has 0 aliphatic heterocycles. The van der Waals surface area contributed by atoms with Crippen LogP contribution >= 0.6 is 0 Å². The Morgan fingerprint density at radius 2 is 1.90 bits per heavy atom. The zero-order valence-corrected chi connectivity index (χ0v) is 12.1. The lowest BCUT2D eigenvalue weighted by Gasteiger charge is -2.17. The highest BCUT2D eigenvalue weighted by Gasteiger charge is 2.21. The first kappa shape index (κ1) is 14.5. The third-order valence-corrected chi connectivity index (χ3v) is 3.23. The Kier molecular flexibility index (Phi) is 5.13. The summed E-state index contributed by atoms with van der Waals surface area (Å²) in [6.45, 7) is 5.10. The second-order valence-corrected chi connectivity index (χ2v) is 4.75. The molecule has 0 fully saturated rings. The molecule has 3 nitrogen and oxygen atoms in total. The van der Waals surface area contributed by atoms with Crippen LogP contribution in [0.1, 0.15) is 31.9 Å². The Morgan fingerprint density at radius 1 is 1.15 bits per heavy atom. The molecular formula is C17H21NO2. The maximum atomic E-state index is 12.1. The van der Waals surface area contributed by atoms with Gasteiger partial charge < -0.3 is 10.1 Å². The fourth-order valence-electron chi connectivity index (χ4n) is 2.24. The van der Waals surface area contributed by atoms with Gasteiger partial charge in [0.15, 0.2) is 0 Å². The van der Waals surface area contributed by atoms with E-state index in [9.17, 15) is 4.79 Å². The van der Waals surface area contributed by atoms with Crippen molar-refractivity contribution in [2.75, 3.05) is 13.2 Å². The normalized spacial score (nSPS) is 12.3. The van der Waals surface area contributed by atoms with Crippen molar-refractivity contribution in [3.05, 3.63) is 48.0 Å². The van der Waals surface area contributed by atoms with E-state index in [1.54, 1.807) is 0 Å². The molecule has 0 aliphatic rings. The van der Waals surface area contributed by atoms with E-state index < -0.39 is 0 Å². The first-order valence-electron chi connectivity index (χ1n) is 7.15. The van der Waals surface area contributed by atoms with Gasteiger partial charge in [-0.15, -0.1) is 0 Å². The van der Waals surface area contributed by atoms with E-state index in [0.29, 0.717) is 6.61 Å². The van der Waals surface area contributed by atoms with Crippen molar-refractivity contribution < 1.29 is 9.53 Å². The molecule has 1 atom stereocenters.